The number of hydrogen-bond donors (Lipinski definition) is 0. The summed E-state index contributed by atoms with van der Waals surface area (Å²) in [6, 6.07) is 3.94. The van der Waals surface area contributed by atoms with Crippen LogP contribution in [0.25, 0.3) is 0 Å². The van der Waals surface area contributed by atoms with E-state index in [1.807, 2.05) is 12.1 Å². The molecule has 0 aromatic heterocycles. The molecule has 0 aromatic rings. The summed E-state index contributed by atoms with van der Waals surface area (Å²) in [4.78, 5) is 0. The summed E-state index contributed by atoms with van der Waals surface area (Å²) >= 11 is 0. The maximum absolute atomic E-state index is 8.58. The summed E-state index contributed by atoms with van der Waals surface area (Å²) in [5, 5.41) is 24.7. The molecule has 4 heteroatoms. The first kappa shape index (κ1) is 10.6. The predicted molar refractivity (Wildman–Crippen MR) is 44.2 cm³/mol. The lowest BCUT2D eigenvalue weighted by Crippen LogP contribution is -2.17. The third-order valence-electron chi connectivity index (χ3n) is 1.10. The van der Waals surface area contributed by atoms with E-state index >= 15 is 0 Å². The quantitative estimate of drug-likeness (QED) is 0.465. The highest BCUT2D eigenvalue weighted by Gasteiger charge is 2.19. The monoisotopic (exact) mass is 166 g/mol. The Morgan fingerprint density at radius 1 is 0.833 bits per heavy atom. The lowest BCUT2D eigenvalue weighted by molar-refractivity contribution is 0.541. The Morgan fingerprint density at radius 3 is 1.25 bits per heavy atom. The van der Waals surface area contributed by atoms with E-state index in [-0.39, 0.29) is 0 Å². The molecule has 2 unspecified atom stereocenters. The smallest absolute Gasteiger partial charge is 0.162 e. The number of azo groups is 1. The SMILES string of the molecule is CC([13CH3])(C#N)N=NC(C)([13CH3])C#N. The summed E-state index contributed by atoms with van der Waals surface area (Å²) in [7, 11) is 0. The van der Waals surface area contributed by atoms with E-state index in [2.05, 4.69) is 10.2 Å². The zero-order chi connectivity index (χ0) is 9.83. The Hall–Kier alpha value is -1.42. The molecular weight excluding hydrogens is 154 g/mol. The van der Waals surface area contributed by atoms with Gasteiger partial charge in [0.2, 0.25) is 0 Å². The van der Waals surface area contributed by atoms with Gasteiger partial charge in [-0.3, -0.25) is 0 Å². The number of nitrogens with zero attached hydrogens (tertiary/aromatic N) is 4. The summed E-state index contributed by atoms with van der Waals surface area (Å²) in [5.41, 5.74) is -1.68. The van der Waals surface area contributed by atoms with Crippen LogP contribution in [0, 0.1) is 22.7 Å². The van der Waals surface area contributed by atoms with Gasteiger partial charge in [-0.1, -0.05) is 0 Å². The zero-order valence-electron chi connectivity index (χ0n) is 7.79. The first-order valence-electron chi connectivity index (χ1n) is 3.59. The van der Waals surface area contributed by atoms with Crippen LogP contribution in [0.2, 0.25) is 0 Å². The second-order valence-electron chi connectivity index (χ2n) is 3.54. The van der Waals surface area contributed by atoms with E-state index in [0.29, 0.717) is 0 Å². The first-order chi connectivity index (χ1) is 5.33. The molecule has 0 fully saturated rings. The Bertz CT molecular complexity index is 234. The van der Waals surface area contributed by atoms with Gasteiger partial charge in [0, 0.05) is 0 Å². The van der Waals surface area contributed by atoms with E-state index in [0.717, 1.165) is 0 Å². The second-order valence-corrected chi connectivity index (χ2v) is 3.54. The minimum atomic E-state index is -0.839. The van der Waals surface area contributed by atoms with Gasteiger partial charge in [-0.05, 0) is 27.7 Å². The maximum Gasteiger partial charge on any atom is 0.162 e. The molecule has 12 heavy (non-hydrogen) atoms. The van der Waals surface area contributed by atoms with Crippen molar-refractivity contribution in [1.82, 2.24) is 0 Å². The van der Waals surface area contributed by atoms with Crippen LogP contribution in [-0.4, -0.2) is 11.1 Å². The van der Waals surface area contributed by atoms with Crippen LogP contribution in [0.5, 0.6) is 0 Å². The molecule has 2 atom stereocenters. The van der Waals surface area contributed by atoms with Gasteiger partial charge < -0.3 is 0 Å². The van der Waals surface area contributed by atoms with Crippen LogP contribution in [0.3, 0.4) is 0 Å². The highest BCUT2D eigenvalue weighted by Crippen LogP contribution is 2.13. The predicted octanol–water partition coefficient (Wildman–Crippen LogP) is 2.04. The van der Waals surface area contributed by atoms with Gasteiger partial charge in [0.15, 0.2) is 11.1 Å². The topological polar surface area (TPSA) is 72.3 Å². The number of hydrogen-bond acceptors (Lipinski definition) is 4. The average molecular weight is 166 g/mol. The molecule has 0 rings (SSSR count). The summed E-state index contributed by atoms with van der Waals surface area (Å²) in [5.74, 6) is 0. The van der Waals surface area contributed by atoms with Crippen molar-refractivity contribution in [3.05, 3.63) is 0 Å². The molecule has 0 amide bonds. The largest absolute Gasteiger partial charge is 0.196 e. The maximum atomic E-state index is 8.58. The molecule has 0 aliphatic heterocycles. The summed E-state index contributed by atoms with van der Waals surface area (Å²) < 4.78 is 0. The minimum absolute atomic E-state index is 0.839. The molecule has 0 aliphatic carbocycles. The van der Waals surface area contributed by atoms with E-state index < -0.39 is 11.1 Å². The van der Waals surface area contributed by atoms with Gasteiger partial charge in [0.25, 0.3) is 0 Å². The Kier molecular flexibility index (Phi) is 2.93. The molecule has 0 heterocycles. The third kappa shape index (κ3) is 3.68. The molecule has 0 radical (unpaired) electrons. The third-order valence-corrected chi connectivity index (χ3v) is 1.10. The van der Waals surface area contributed by atoms with Crippen LogP contribution >= 0.6 is 0 Å². The van der Waals surface area contributed by atoms with Gasteiger partial charge >= 0.3 is 0 Å². The van der Waals surface area contributed by atoms with Crippen molar-refractivity contribution >= 4 is 0 Å². The van der Waals surface area contributed by atoms with Crippen molar-refractivity contribution < 1.29 is 0 Å². The van der Waals surface area contributed by atoms with Gasteiger partial charge in [0.05, 0.1) is 12.1 Å². The highest BCUT2D eigenvalue weighted by molar-refractivity contribution is 5.03. The van der Waals surface area contributed by atoms with Crippen LogP contribution in [0.1, 0.15) is 27.7 Å². The van der Waals surface area contributed by atoms with Gasteiger partial charge in [-0.25, -0.2) is 0 Å². The van der Waals surface area contributed by atoms with Gasteiger partial charge in [-0.2, -0.15) is 20.8 Å². The van der Waals surface area contributed by atoms with Crippen LogP contribution in [0.4, 0.5) is 0 Å². The highest BCUT2D eigenvalue weighted by atomic mass is 15.2. The van der Waals surface area contributed by atoms with E-state index in [4.69, 9.17) is 10.5 Å². The number of rotatable bonds is 2. The molecule has 64 valence electrons. The minimum Gasteiger partial charge on any atom is -0.196 e. The van der Waals surface area contributed by atoms with Gasteiger partial charge in [-0.15, -0.1) is 0 Å². The fourth-order valence-electron chi connectivity index (χ4n) is 0.295. The van der Waals surface area contributed by atoms with Gasteiger partial charge in [0.1, 0.15) is 0 Å². The standard InChI is InChI=1S/C8H12N4/c1-7(2,5-9)11-12-8(3,4)6-10/h1-4H3/i1+1,3+1. The van der Waals surface area contributed by atoms with Crippen molar-refractivity contribution in [1.29, 1.82) is 10.5 Å². The van der Waals surface area contributed by atoms with E-state index in [9.17, 15) is 0 Å². The molecule has 0 aromatic carbocycles. The molecule has 0 spiro atoms. The summed E-state index contributed by atoms with van der Waals surface area (Å²) in [6.07, 6.45) is 0. The molecule has 0 bridgehead atoms. The molecule has 4 nitrogen and oxygen atoms in total. The van der Waals surface area contributed by atoms with Crippen molar-refractivity contribution in [2.75, 3.05) is 0 Å². The molecule has 0 saturated heterocycles. The van der Waals surface area contributed by atoms with Crippen molar-refractivity contribution in [2.45, 2.75) is 38.8 Å². The van der Waals surface area contributed by atoms with Crippen LogP contribution < -0.4 is 0 Å². The van der Waals surface area contributed by atoms with E-state index in [1.165, 1.54) is 0 Å². The van der Waals surface area contributed by atoms with Crippen molar-refractivity contribution in [3.8, 4) is 12.1 Å². The second kappa shape index (κ2) is 3.32. The zero-order valence-corrected chi connectivity index (χ0v) is 7.79. The molecule has 0 N–H and O–H groups in total. The van der Waals surface area contributed by atoms with Crippen LogP contribution in [-0.2, 0) is 0 Å². The normalized spacial score (nSPS) is 20.5. The Morgan fingerprint density at radius 2 is 1.08 bits per heavy atom. The lowest BCUT2D eigenvalue weighted by atomic mass is 10.2. The Balaban J connectivity index is 4.50. The molecule has 0 aliphatic rings. The van der Waals surface area contributed by atoms with E-state index in [1.54, 1.807) is 27.7 Å². The van der Waals surface area contributed by atoms with Crippen molar-refractivity contribution in [2.24, 2.45) is 10.2 Å². The average Bonchev–Trinajstić information content (AvgIpc) is 2.02. The fraction of sp³-hybridized carbons (Fsp3) is 0.750. The summed E-state index contributed by atoms with van der Waals surface area (Å²) in [6.45, 7) is 6.57. The van der Waals surface area contributed by atoms with Crippen molar-refractivity contribution in [3.63, 3.8) is 0 Å². The van der Waals surface area contributed by atoms with Crippen LogP contribution in [0.15, 0.2) is 10.2 Å². The Labute approximate surface area is 72.5 Å². The lowest BCUT2D eigenvalue weighted by Gasteiger charge is -2.11. The molecule has 0 saturated carbocycles. The fourth-order valence-corrected chi connectivity index (χ4v) is 0.295. The first-order valence-corrected chi connectivity index (χ1v) is 3.59. The number of nitriles is 2. The molecular formula is C8H12N4.